The number of unbranched alkanes of at least 4 members (excludes halogenated alkanes) is 4. The summed E-state index contributed by atoms with van der Waals surface area (Å²) >= 11 is 0. The minimum absolute atomic E-state index is 0. The molecule has 0 heterocycles. The van der Waals surface area contributed by atoms with Gasteiger partial charge in [-0.15, -0.1) is 12.4 Å². The van der Waals surface area contributed by atoms with E-state index < -0.39 is 0 Å². The number of esters is 2. The summed E-state index contributed by atoms with van der Waals surface area (Å²) in [7, 11) is 0. The van der Waals surface area contributed by atoms with Crippen LogP contribution in [0.1, 0.15) is 113 Å². The van der Waals surface area contributed by atoms with Crippen molar-refractivity contribution in [3.8, 4) is 11.1 Å². The highest BCUT2D eigenvalue weighted by atomic mass is 35.5. The highest BCUT2D eigenvalue weighted by molar-refractivity contribution is 5.91. The fourth-order valence-electron chi connectivity index (χ4n) is 4.87. The lowest BCUT2D eigenvalue weighted by Gasteiger charge is -2.21. The van der Waals surface area contributed by atoms with Crippen LogP contribution in [0.5, 0.6) is 0 Å². The topological polar surface area (TPSA) is 59.1 Å². The van der Waals surface area contributed by atoms with E-state index in [4.69, 9.17) is 9.47 Å². The van der Waals surface area contributed by atoms with Crippen LogP contribution < -0.4 is 0 Å². The molecule has 6 nitrogen and oxygen atoms in total. The highest BCUT2D eigenvalue weighted by Gasteiger charge is 2.11. The number of carbonyl (C=O) groups is 2. The molecule has 0 unspecified atom stereocenters. The van der Waals surface area contributed by atoms with E-state index in [0.717, 1.165) is 63.2 Å². The summed E-state index contributed by atoms with van der Waals surface area (Å²) in [4.78, 5) is 30.1. The molecular weight excluding hydrogens is 560 g/mol. The predicted molar refractivity (Wildman–Crippen MR) is 181 cm³/mol. The Bertz CT molecular complexity index is 900. The lowest BCUT2D eigenvalue weighted by Crippen LogP contribution is -2.28. The van der Waals surface area contributed by atoms with Crippen LogP contribution in [0.2, 0.25) is 0 Å². The Morgan fingerprint density at radius 3 is 1.05 bits per heavy atom. The van der Waals surface area contributed by atoms with Crippen LogP contribution in [0.4, 0.5) is 0 Å². The Morgan fingerprint density at radius 2 is 0.767 bits per heavy atom. The quantitative estimate of drug-likeness (QED) is 0.0919. The first kappa shape index (κ1) is 38.6. The normalized spacial score (nSPS) is 11.0. The van der Waals surface area contributed by atoms with E-state index in [1.165, 1.54) is 51.4 Å². The first-order valence-electron chi connectivity index (χ1n) is 16.5. The third kappa shape index (κ3) is 15.8. The molecule has 0 amide bonds. The minimum atomic E-state index is -0.285. The zero-order valence-electron chi connectivity index (χ0n) is 27.3. The minimum Gasteiger partial charge on any atom is -0.462 e. The van der Waals surface area contributed by atoms with Crippen molar-refractivity contribution in [2.75, 3.05) is 52.5 Å². The monoisotopic (exact) mass is 616 g/mol. The maximum Gasteiger partial charge on any atom is 0.338 e. The molecule has 242 valence electrons. The fourth-order valence-corrected chi connectivity index (χ4v) is 4.87. The number of benzene rings is 2. The maximum atomic E-state index is 12.5. The largest absolute Gasteiger partial charge is 0.462 e. The Hall–Kier alpha value is -2.41. The summed E-state index contributed by atoms with van der Waals surface area (Å²) in [6, 6.07) is 14.9. The van der Waals surface area contributed by atoms with Gasteiger partial charge in [-0.3, -0.25) is 0 Å². The Morgan fingerprint density at radius 1 is 0.488 bits per heavy atom. The summed E-state index contributed by atoms with van der Waals surface area (Å²) in [5.41, 5.74) is 3.06. The molecule has 2 rings (SSSR count). The summed E-state index contributed by atoms with van der Waals surface area (Å²) in [5.74, 6) is -0.570. The van der Waals surface area contributed by atoms with Gasteiger partial charge in [-0.2, -0.15) is 0 Å². The SMILES string of the molecule is CCCCN(CCCC)CCCOC(=O)c1ccc(-c2ccc(C(=O)OCCCN(CCCC)CCCC)cc2)cc1.Cl. The van der Waals surface area contributed by atoms with Gasteiger partial charge in [0.15, 0.2) is 0 Å². The van der Waals surface area contributed by atoms with Crippen molar-refractivity contribution < 1.29 is 19.1 Å². The molecule has 0 N–H and O–H groups in total. The molecule has 0 radical (unpaired) electrons. The van der Waals surface area contributed by atoms with Crippen molar-refractivity contribution in [3.05, 3.63) is 59.7 Å². The molecule has 0 spiro atoms. The molecular formula is C36H57ClN2O4. The van der Waals surface area contributed by atoms with Gasteiger partial charge in [-0.25, -0.2) is 9.59 Å². The second kappa shape index (κ2) is 24.0. The second-order valence-electron chi connectivity index (χ2n) is 11.2. The predicted octanol–water partition coefficient (Wildman–Crippen LogP) is 8.67. The van der Waals surface area contributed by atoms with Crippen LogP contribution in [0.3, 0.4) is 0 Å². The van der Waals surface area contributed by atoms with E-state index >= 15 is 0 Å². The van der Waals surface area contributed by atoms with Crippen molar-refractivity contribution in [2.45, 2.75) is 91.9 Å². The van der Waals surface area contributed by atoms with Gasteiger partial charge >= 0.3 is 11.9 Å². The summed E-state index contributed by atoms with van der Waals surface area (Å²) < 4.78 is 11.1. The average molecular weight is 617 g/mol. The molecule has 0 aliphatic heterocycles. The van der Waals surface area contributed by atoms with Crippen molar-refractivity contribution in [3.63, 3.8) is 0 Å². The molecule has 2 aromatic carbocycles. The van der Waals surface area contributed by atoms with Crippen LogP contribution in [-0.2, 0) is 9.47 Å². The van der Waals surface area contributed by atoms with Crippen LogP contribution >= 0.6 is 12.4 Å². The van der Waals surface area contributed by atoms with E-state index in [-0.39, 0.29) is 24.3 Å². The summed E-state index contributed by atoms with van der Waals surface area (Å²) in [6.45, 7) is 16.1. The first-order chi connectivity index (χ1) is 20.5. The molecule has 0 bridgehead atoms. The molecule has 0 saturated carbocycles. The lowest BCUT2D eigenvalue weighted by atomic mass is 10.0. The highest BCUT2D eigenvalue weighted by Crippen LogP contribution is 2.21. The van der Waals surface area contributed by atoms with Gasteiger partial charge in [-0.1, -0.05) is 77.6 Å². The van der Waals surface area contributed by atoms with Gasteiger partial charge in [0, 0.05) is 13.1 Å². The van der Waals surface area contributed by atoms with Gasteiger partial charge in [-0.05, 0) is 100 Å². The van der Waals surface area contributed by atoms with Crippen molar-refractivity contribution in [2.24, 2.45) is 0 Å². The van der Waals surface area contributed by atoms with E-state index in [1.807, 2.05) is 24.3 Å². The van der Waals surface area contributed by atoms with E-state index in [2.05, 4.69) is 37.5 Å². The van der Waals surface area contributed by atoms with E-state index in [9.17, 15) is 9.59 Å². The number of rotatable bonds is 23. The molecule has 2 aromatic rings. The summed E-state index contributed by atoms with van der Waals surface area (Å²) in [6.07, 6.45) is 11.3. The van der Waals surface area contributed by atoms with Gasteiger partial charge in [0.1, 0.15) is 0 Å². The molecule has 0 fully saturated rings. The molecule has 7 heteroatoms. The van der Waals surface area contributed by atoms with E-state index in [0.29, 0.717) is 24.3 Å². The Labute approximate surface area is 267 Å². The number of hydrogen-bond acceptors (Lipinski definition) is 6. The number of ether oxygens (including phenoxy) is 2. The van der Waals surface area contributed by atoms with E-state index in [1.54, 1.807) is 24.3 Å². The maximum absolute atomic E-state index is 12.5. The number of carbonyl (C=O) groups excluding carboxylic acids is 2. The second-order valence-corrected chi connectivity index (χ2v) is 11.2. The third-order valence-corrected chi connectivity index (χ3v) is 7.59. The van der Waals surface area contributed by atoms with Crippen molar-refractivity contribution in [1.82, 2.24) is 9.80 Å². The zero-order chi connectivity index (χ0) is 30.4. The molecule has 0 aromatic heterocycles. The van der Waals surface area contributed by atoms with Gasteiger partial charge < -0.3 is 19.3 Å². The molecule has 0 aliphatic carbocycles. The smallest absolute Gasteiger partial charge is 0.338 e. The molecule has 0 aliphatic rings. The van der Waals surface area contributed by atoms with Crippen molar-refractivity contribution in [1.29, 1.82) is 0 Å². The lowest BCUT2D eigenvalue weighted by molar-refractivity contribution is 0.0478. The number of halogens is 1. The van der Waals surface area contributed by atoms with Crippen molar-refractivity contribution >= 4 is 24.3 Å². The standard InChI is InChI=1S/C36H56N2O4.ClH/c1-5-9-23-37(24-10-6-2)27-13-29-41-35(39)33-19-15-31(16-20-33)32-17-21-34(22-18-32)36(40)42-30-14-28-38(25-11-7-3)26-12-8-4;/h15-22H,5-14,23-30H2,1-4H3;1H. The van der Waals surface area contributed by atoms with Crippen LogP contribution in [0.25, 0.3) is 11.1 Å². The molecule has 0 atom stereocenters. The van der Waals surface area contributed by atoms with Crippen LogP contribution in [-0.4, -0.2) is 74.2 Å². The Balaban J connectivity index is 0.00000924. The van der Waals surface area contributed by atoms with Crippen LogP contribution in [0.15, 0.2) is 48.5 Å². The number of hydrogen-bond donors (Lipinski definition) is 0. The Kier molecular flexibility index (Phi) is 21.5. The first-order valence-corrected chi connectivity index (χ1v) is 16.5. The summed E-state index contributed by atoms with van der Waals surface area (Å²) in [5, 5.41) is 0. The van der Waals surface area contributed by atoms with Crippen LogP contribution in [0, 0.1) is 0 Å². The molecule has 43 heavy (non-hydrogen) atoms. The van der Waals surface area contributed by atoms with Gasteiger partial charge in [0.25, 0.3) is 0 Å². The molecule has 0 saturated heterocycles. The van der Waals surface area contributed by atoms with Gasteiger partial charge in [0.05, 0.1) is 24.3 Å². The van der Waals surface area contributed by atoms with Gasteiger partial charge in [0.2, 0.25) is 0 Å². The fraction of sp³-hybridized carbons (Fsp3) is 0.611. The number of nitrogens with zero attached hydrogens (tertiary/aromatic N) is 2. The average Bonchev–Trinajstić information content (AvgIpc) is 3.03. The third-order valence-electron chi connectivity index (χ3n) is 7.59. The zero-order valence-corrected chi connectivity index (χ0v) is 28.1.